The lowest BCUT2D eigenvalue weighted by Crippen LogP contribution is -2.43. The van der Waals surface area contributed by atoms with Crippen LogP contribution in [0.2, 0.25) is 0 Å². The minimum absolute atomic E-state index is 0.196. The van der Waals surface area contributed by atoms with Gasteiger partial charge in [-0.05, 0) is 46.0 Å². The third-order valence-electron chi connectivity index (χ3n) is 3.97. The van der Waals surface area contributed by atoms with Crippen molar-refractivity contribution in [3.05, 3.63) is 11.1 Å². The molecule has 1 aliphatic rings. The summed E-state index contributed by atoms with van der Waals surface area (Å²) < 4.78 is 5.06. The molecule has 4 nitrogen and oxygen atoms in total. The van der Waals surface area contributed by atoms with Crippen LogP contribution in [0, 0.1) is 5.92 Å². The fourth-order valence-corrected chi connectivity index (χ4v) is 4.46. The van der Waals surface area contributed by atoms with Crippen molar-refractivity contribution < 1.29 is 14.3 Å². The number of thioether (sulfide) groups is 1. The van der Waals surface area contributed by atoms with E-state index in [0.29, 0.717) is 23.5 Å². The molecule has 1 N–H and O–H groups in total. The van der Waals surface area contributed by atoms with Crippen LogP contribution in [-0.2, 0) is 14.3 Å². The minimum atomic E-state index is -0.557. The van der Waals surface area contributed by atoms with E-state index in [1.54, 1.807) is 18.7 Å². The van der Waals surface area contributed by atoms with E-state index in [0.717, 1.165) is 12.8 Å². The molecule has 0 heterocycles. The molecule has 1 aliphatic carbocycles. The maximum absolute atomic E-state index is 12.0. The van der Waals surface area contributed by atoms with Gasteiger partial charge in [0.2, 0.25) is 5.91 Å². The number of hydrogen-bond acceptors (Lipinski definition) is 4. The van der Waals surface area contributed by atoms with Crippen LogP contribution in [0.3, 0.4) is 0 Å². The van der Waals surface area contributed by atoms with E-state index in [4.69, 9.17) is 4.74 Å². The number of amides is 1. The Labute approximate surface area is 138 Å². The molecule has 1 saturated carbocycles. The van der Waals surface area contributed by atoms with Crippen LogP contribution in [0.15, 0.2) is 11.1 Å². The summed E-state index contributed by atoms with van der Waals surface area (Å²) in [6.45, 7) is 10.2. The summed E-state index contributed by atoms with van der Waals surface area (Å²) in [5, 5.41) is 3.15. The minimum Gasteiger partial charge on any atom is -0.464 e. The first-order valence-electron chi connectivity index (χ1n) is 8.06. The van der Waals surface area contributed by atoms with E-state index in [2.05, 4.69) is 26.1 Å². The van der Waals surface area contributed by atoms with Crippen molar-refractivity contribution in [1.82, 2.24) is 5.32 Å². The Morgan fingerprint density at radius 3 is 2.59 bits per heavy atom. The average Bonchev–Trinajstić information content (AvgIpc) is 2.42. The largest absolute Gasteiger partial charge is 0.464 e. The Hall–Kier alpha value is -0.970. The van der Waals surface area contributed by atoms with Crippen LogP contribution < -0.4 is 5.32 Å². The third kappa shape index (κ3) is 6.03. The molecule has 1 amide bonds. The molecule has 0 aromatic rings. The van der Waals surface area contributed by atoms with E-state index >= 15 is 0 Å². The molecular weight excluding hydrogens is 298 g/mol. The second-order valence-corrected chi connectivity index (χ2v) is 7.47. The van der Waals surface area contributed by atoms with Crippen molar-refractivity contribution in [2.45, 2.75) is 65.2 Å². The van der Waals surface area contributed by atoms with Crippen LogP contribution in [0.4, 0.5) is 0 Å². The molecule has 1 fully saturated rings. The van der Waals surface area contributed by atoms with E-state index in [-0.39, 0.29) is 11.9 Å². The van der Waals surface area contributed by atoms with Crippen LogP contribution in [-0.4, -0.2) is 35.5 Å². The van der Waals surface area contributed by atoms with Gasteiger partial charge in [0.25, 0.3) is 0 Å². The van der Waals surface area contributed by atoms with Crippen LogP contribution in [0.5, 0.6) is 0 Å². The van der Waals surface area contributed by atoms with Crippen molar-refractivity contribution in [2.75, 3.05) is 12.4 Å². The molecule has 0 spiro atoms. The summed E-state index contributed by atoms with van der Waals surface area (Å²) >= 11 is 1.77. The molecule has 0 aromatic carbocycles. The number of carbonyl (C=O) groups is 2. The van der Waals surface area contributed by atoms with Crippen molar-refractivity contribution >= 4 is 23.6 Å². The molecule has 126 valence electrons. The molecule has 0 saturated heterocycles. The standard InChI is InChI=1S/C17H29NO3S/c1-6-21-17(20)15(18-13(5)19)10-22-16-9-12(4)7-8-14(16)11(2)3/h12,15-16H,6-10H2,1-5H3,(H,18,19)/t12?,15-,16?/m0/s1. The number of rotatable bonds is 6. The van der Waals surface area contributed by atoms with Crippen molar-refractivity contribution in [1.29, 1.82) is 0 Å². The van der Waals surface area contributed by atoms with Gasteiger partial charge >= 0.3 is 5.97 Å². The Morgan fingerprint density at radius 1 is 1.36 bits per heavy atom. The fourth-order valence-electron chi connectivity index (χ4n) is 2.80. The Kier molecular flexibility index (Phi) is 8.01. The zero-order chi connectivity index (χ0) is 16.7. The number of nitrogens with one attached hydrogen (secondary N) is 1. The maximum Gasteiger partial charge on any atom is 0.329 e. The highest BCUT2D eigenvalue weighted by Crippen LogP contribution is 2.37. The summed E-state index contributed by atoms with van der Waals surface area (Å²) in [6, 6.07) is -0.557. The number of esters is 1. The van der Waals surface area contributed by atoms with Gasteiger partial charge in [0.15, 0.2) is 0 Å². The smallest absolute Gasteiger partial charge is 0.329 e. The van der Waals surface area contributed by atoms with Gasteiger partial charge in [-0.1, -0.05) is 18.1 Å². The Bertz CT molecular complexity index is 430. The molecule has 1 rings (SSSR count). The van der Waals surface area contributed by atoms with Gasteiger partial charge in [0, 0.05) is 17.9 Å². The summed E-state index contributed by atoms with van der Waals surface area (Å²) in [5.41, 5.74) is 2.89. The number of ether oxygens (including phenoxy) is 1. The molecule has 0 aromatic heterocycles. The molecule has 0 bridgehead atoms. The van der Waals surface area contributed by atoms with Crippen molar-refractivity contribution in [3.63, 3.8) is 0 Å². The van der Waals surface area contributed by atoms with Gasteiger partial charge in [0.05, 0.1) is 6.61 Å². The van der Waals surface area contributed by atoms with Gasteiger partial charge in [0.1, 0.15) is 6.04 Å². The number of hydrogen-bond donors (Lipinski definition) is 1. The summed E-state index contributed by atoms with van der Waals surface area (Å²) in [4.78, 5) is 23.3. The van der Waals surface area contributed by atoms with Crippen molar-refractivity contribution in [3.8, 4) is 0 Å². The fraction of sp³-hybridized carbons (Fsp3) is 0.765. The second kappa shape index (κ2) is 9.23. The van der Waals surface area contributed by atoms with Crippen LogP contribution >= 0.6 is 11.8 Å². The number of allylic oxidation sites excluding steroid dienone is 1. The average molecular weight is 327 g/mol. The molecular formula is C17H29NO3S. The lowest BCUT2D eigenvalue weighted by Gasteiger charge is -2.31. The molecule has 2 unspecified atom stereocenters. The molecule has 22 heavy (non-hydrogen) atoms. The predicted octanol–water partition coefficient (Wildman–Crippen LogP) is 3.31. The van der Waals surface area contributed by atoms with Gasteiger partial charge < -0.3 is 10.1 Å². The lowest BCUT2D eigenvalue weighted by atomic mass is 9.85. The highest BCUT2D eigenvalue weighted by atomic mass is 32.2. The quantitative estimate of drug-likeness (QED) is 0.601. The van der Waals surface area contributed by atoms with E-state index in [9.17, 15) is 9.59 Å². The Morgan fingerprint density at radius 2 is 2.05 bits per heavy atom. The zero-order valence-corrected chi connectivity index (χ0v) is 15.2. The molecule has 5 heteroatoms. The van der Waals surface area contributed by atoms with E-state index in [1.807, 2.05) is 0 Å². The van der Waals surface area contributed by atoms with Gasteiger partial charge in [-0.2, -0.15) is 11.8 Å². The van der Waals surface area contributed by atoms with Crippen LogP contribution in [0.1, 0.15) is 53.9 Å². The maximum atomic E-state index is 12.0. The topological polar surface area (TPSA) is 55.4 Å². The first-order valence-corrected chi connectivity index (χ1v) is 9.11. The second-order valence-electron chi connectivity index (χ2n) is 6.23. The van der Waals surface area contributed by atoms with Gasteiger partial charge in [-0.3, -0.25) is 4.79 Å². The summed E-state index contributed by atoms with van der Waals surface area (Å²) in [6.07, 6.45) is 3.52. The molecule has 0 radical (unpaired) electrons. The van der Waals surface area contributed by atoms with Gasteiger partial charge in [-0.25, -0.2) is 4.79 Å². The SMILES string of the molecule is CCOC(=O)[C@H](CSC1CC(C)CCC1=C(C)C)NC(C)=O. The monoisotopic (exact) mass is 327 g/mol. The first-order chi connectivity index (χ1) is 10.3. The van der Waals surface area contributed by atoms with E-state index in [1.165, 1.54) is 24.5 Å². The predicted molar refractivity (Wildman–Crippen MR) is 91.9 cm³/mol. The molecule has 0 aliphatic heterocycles. The van der Waals surface area contributed by atoms with Gasteiger partial charge in [-0.15, -0.1) is 0 Å². The Balaban J connectivity index is 2.70. The summed E-state index contributed by atoms with van der Waals surface area (Å²) in [7, 11) is 0. The summed E-state index contributed by atoms with van der Waals surface area (Å²) in [5.74, 6) is 0.736. The molecule has 3 atom stereocenters. The highest BCUT2D eigenvalue weighted by Gasteiger charge is 2.28. The zero-order valence-electron chi connectivity index (χ0n) is 14.4. The number of carbonyl (C=O) groups excluding carboxylic acids is 2. The third-order valence-corrected chi connectivity index (χ3v) is 5.37. The first kappa shape index (κ1) is 19.1. The van der Waals surface area contributed by atoms with Crippen LogP contribution in [0.25, 0.3) is 0 Å². The lowest BCUT2D eigenvalue weighted by molar-refractivity contribution is -0.146. The van der Waals surface area contributed by atoms with Crippen molar-refractivity contribution in [2.24, 2.45) is 5.92 Å². The normalized spacial score (nSPS) is 22.9. The van der Waals surface area contributed by atoms with E-state index < -0.39 is 6.04 Å². The highest BCUT2D eigenvalue weighted by molar-refractivity contribution is 8.00.